The van der Waals surface area contributed by atoms with Gasteiger partial charge in [0.1, 0.15) is 5.56 Å². The third-order valence-electron chi connectivity index (χ3n) is 6.74. The van der Waals surface area contributed by atoms with E-state index in [1.165, 1.54) is 0 Å². The number of nitrogens with zero attached hydrogens (tertiary/aromatic N) is 5. The van der Waals surface area contributed by atoms with Crippen LogP contribution in [0, 0.1) is 0 Å². The van der Waals surface area contributed by atoms with Gasteiger partial charge in [0.2, 0.25) is 0 Å². The molecule has 0 saturated carbocycles. The minimum atomic E-state index is -0.577. The molecule has 5 rings (SSSR count). The number of fused-ring (bicyclic) bond motifs is 1. The molecule has 2 N–H and O–H groups in total. The number of nitrogens with one attached hydrogen (secondary N) is 1. The number of likely N-dealkylation sites (tertiary alicyclic amines) is 1. The normalized spacial score (nSPS) is 18.8. The summed E-state index contributed by atoms with van der Waals surface area (Å²) in [5.74, 6) is -0.272. The Hall–Kier alpha value is -3.37. The van der Waals surface area contributed by atoms with Gasteiger partial charge in [0, 0.05) is 43.6 Å². The summed E-state index contributed by atoms with van der Waals surface area (Å²) < 4.78 is 7.17. The zero-order valence-electron chi connectivity index (χ0n) is 19.6. The fraction of sp³-hybridized carbons (Fsp3) is 0.480. The SMILES string of the molecule is O=C(c1c2c(n[nH]c1=O)CCOC2)N1CCCCC1Cc1cn(C[C@H](O)Cc2ccccc2)nn1. The maximum absolute atomic E-state index is 13.6. The number of carbonyl (C=O) groups is 1. The summed E-state index contributed by atoms with van der Waals surface area (Å²) in [5.41, 5.74) is 2.83. The number of aliphatic hydroxyl groups excluding tert-OH is 1. The summed E-state index contributed by atoms with van der Waals surface area (Å²) in [6, 6.07) is 9.75. The van der Waals surface area contributed by atoms with Crippen LogP contribution in [0.1, 0.15) is 52.1 Å². The van der Waals surface area contributed by atoms with Gasteiger partial charge in [-0.05, 0) is 24.8 Å². The van der Waals surface area contributed by atoms with Crippen molar-refractivity contribution >= 4 is 5.91 Å². The van der Waals surface area contributed by atoms with Gasteiger partial charge >= 0.3 is 0 Å². The molecule has 2 aliphatic rings. The van der Waals surface area contributed by atoms with Gasteiger partial charge in [0.05, 0.1) is 37.3 Å². The Bertz CT molecular complexity index is 1220. The number of hydrogen-bond acceptors (Lipinski definition) is 7. The van der Waals surface area contributed by atoms with E-state index in [-0.39, 0.29) is 24.1 Å². The molecule has 0 aliphatic carbocycles. The lowest BCUT2D eigenvalue weighted by Gasteiger charge is -2.36. The topological polar surface area (TPSA) is 126 Å². The Labute approximate surface area is 202 Å². The second-order valence-corrected chi connectivity index (χ2v) is 9.28. The van der Waals surface area contributed by atoms with E-state index >= 15 is 0 Å². The van der Waals surface area contributed by atoms with Crippen LogP contribution in [0.3, 0.4) is 0 Å². The first-order chi connectivity index (χ1) is 17.1. The minimum Gasteiger partial charge on any atom is -0.391 e. The number of ether oxygens (including phenoxy) is 1. The maximum Gasteiger partial charge on any atom is 0.277 e. The molecule has 2 aromatic heterocycles. The molecule has 10 nitrogen and oxygen atoms in total. The number of piperidine rings is 1. The van der Waals surface area contributed by atoms with E-state index in [4.69, 9.17) is 4.74 Å². The molecule has 2 aliphatic heterocycles. The number of aromatic nitrogens is 5. The largest absolute Gasteiger partial charge is 0.391 e. The molecule has 0 radical (unpaired) electrons. The van der Waals surface area contributed by atoms with E-state index in [9.17, 15) is 14.7 Å². The van der Waals surface area contributed by atoms with Crippen LogP contribution < -0.4 is 5.56 Å². The highest BCUT2D eigenvalue weighted by molar-refractivity contribution is 5.95. The average molecular weight is 479 g/mol. The number of aliphatic hydroxyl groups is 1. The Morgan fingerprint density at radius 2 is 2.11 bits per heavy atom. The molecule has 2 atom stereocenters. The van der Waals surface area contributed by atoms with Gasteiger partial charge in [-0.15, -0.1) is 5.10 Å². The number of hydrogen-bond donors (Lipinski definition) is 2. The van der Waals surface area contributed by atoms with Crippen molar-refractivity contribution in [3.05, 3.63) is 75.0 Å². The van der Waals surface area contributed by atoms with Gasteiger partial charge in [-0.3, -0.25) is 9.59 Å². The molecule has 1 unspecified atom stereocenters. The lowest BCUT2D eigenvalue weighted by Crippen LogP contribution is -2.47. The highest BCUT2D eigenvalue weighted by Gasteiger charge is 2.32. The molecule has 184 valence electrons. The van der Waals surface area contributed by atoms with Crippen LogP contribution in [0.5, 0.6) is 0 Å². The van der Waals surface area contributed by atoms with Crippen LogP contribution in [0.2, 0.25) is 0 Å². The van der Waals surface area contributed by atoms with Crippen molar-refractivity contribution in [1.29, 1.82) is 0 Å². The van der Waals surface area contributed by atoms with Crippen LogP contribution in [0.25, 0.3) is 0 Å². The van der Waals surface area contributed by atoms with Crippen molar-refractivity contribution in [3.8, 4) is 0 Å². The highest BCUT2D eigenvalue weighted by atomic mass is 16.5. The zero-order chi connectivity index (χ0) is 24.2. The molecular formula is C25H30N6O4. The zero-order valence-corrected chi connectivity index (χ0v) is 19.6. The Morgan fingerprint density at radius 3 is 2.97 bits per heavy atom. The Kier molecular flexibility index (Phi) is 7.01. The molecule has 4 heterocycles. The van der Waals surface area contributed by atoms with Crippen LogP contribution in [-0.4, -0.2) is 66.4 Å². The van der Waals surface area contributed by atoms with E-state index in [0.29, 0.717) is 44.5 Å². The first-order valence-corrected chi connectivity index (χ1v) is 12.2. The van der Waals surface area contributed by atoms with Gasteiger partial charge in [0.15, 0.2) is 0 Å². The first kappa shape index (κ1) is 23.4. The molecule has 35 heavy (non-hydrogen) atoms. The van der Waals surface area contributed by atoms with Crippen molar-refractivity contribution < 1.29 is 14.6 Å². The number of aromatic amines is 1. The fourth-order valence-electron chi connectivity index (χ4n) is 5.01. The molecular weight excluding hydrogens is 448 g/mol. The second-order valence-electron chi connectivity index (χ2n) is 9.28. The van der Waals surface area contributed by atoms with E-state index in [1.54, 1.807) is 9.58 Å². The van der Waals surface area contributed by atoms with Gasteiger partial charge in [0.25, 0.3) is 11.5 Å². The summed E-state index contributed by atoms with van der Waals surface area (Å²) in [4.78, 5) is 28.0. The summed E-state index contributed by atoms with van der Waals surface area (Å²) in [6.45, 7) is 1.69. The molecule has 0 bridgehead atoms. The number of rotatable bonds is 7. The van der Waals surface area contributed by atoms with Gasteiger partial charge in [-0.1, -0.05) is 35.5 Å². The Morgan fingerprint density at radius 1 is 1.26 bits per heavy atom. The molecule has 1 saturated heterocycles. The van der Waals surface area contributed by atoms with E-state index in [0.717, 1.165) is 36.2 Å². The van der Waals surface area contributed by atoms with Gasteiger partial charge in [-0.2, -0.15) is 5.10 Å². The quantitative estimate of drug-likeness (QED) is 0.524. The predicted molar refractivity (Wildman–Crippen MR) is 127 cm³/mol. The number of amides is 1. The van der Waals surface area contributed by atoms with Crippen LogP contribution in [-0.2, 0) is 37.2 Å². The standard InChI is InChI=1S/C25H30N6O4/c32-20(12-17-6-2-1-3-7-17)15-30-14-18(26-29-30)13-19-8-4-5-10-31(19)25(34)23-21-16-35-11-9-22(21)27-28-24(23)33/h1-3,6-7,14,19-20,32H,4-5,8-13,15-16H2,(H,28,33)/t19?,20-/m1/s1. The molecule has 1 fully saturated rings. The van der Waals surface area contributed by atoms with Crippen molar-refractivity contribution in [2.24, 2.45) is 0 Å². The minimum absolute atomic E-state index is 0.0802. The first-order valence-electron chi connectivity index (χ1n) is 12.2. The summed E-state index contributed by atoms with van der Waals surface area (Å²) in [7, 11) is 0. The smallest absolute Gasteiger partial charge is 0.277 e. The third kappa shape index (κ3) is 5.33. The van der Waals surface area contributed by atoms with Crippen molar-refractivity contribution in [2.45, 2.75) is 63.8 Å². The van der Waals surface area contributed by atoms with Crippen molar-refractivity contribution in [1.82, 2.24) is 30.1 Å². The van der Waals surface area contributed by atoms with Crippen LogP contribution >= 0.6 is 0 Å². The Balaban J connectivity index is 1.28. The lowest BCUT2D eigenvalue weighted by molar-refractivity contribution is 0.0596. The van der Waals surface area contributed by atoms with E-state index < -0.39 is 11.7 Å². The highest BCUT2D eigenvalue weighted by Crippen LogP contribution is 2.24. The molecule has 3 aromatic rings. The van der Waals surface area contributed by atoms with Crippen molar-refractivity contribution in [2.75, 3.05) is 13.2 Å². The second kappa shape index (κ2) is 10.5. The van der Waals surface area contributed by atoms with Gasteiger partial charge < -0.3 is 14.7 Å². The summed E-state index contributed by atoms with van der Waals surface area (Å²) in [5, 5.41) is 25.5. The van der Waals surface area contributed by atoms with Crippen molar-refractivity contribution in [3.63, 3.8) is 0 Å². The maximum atomic E-state index is 13.6. The summed E-state index contributed by atoms with van der Waals surface area (Å²) >= 11 is 0. The third-order valence-corrected chi connectivity index (χ3v) is 6.74. The van der Waals surface area contributed by atoms with Crippen LogP contribution in [0.15, 0.2) is 41.3 Å². The van der Waals surface area contributed by atoms with Gasteiger partial charge in [-0.25, -0.2) is 9.78 Å². The number of benzene rings is 1. The molecule has 0 spiro atoms. The fourth-order valence-corrected chi connectivity index (χ4v) is 5.01. The predicted octanol–water partition coefficient (Wildman–Crippen LogP) is 1.28. The summed E-state index contributed by atoms with van der Waals surface area (Å²) in [6.07, 6.45) is 5.64. The molecule has 1 aromatic carbocycles. The lowest BCUT2D eigenvalue weighted by atomic mass is 9.96. The molecule has 10 heteroatoms. The number of carbonyl (C=O) groups excluding carboxylic acids is 1. The monoisotopic (exact) mass is 478 g/mol. The van der Waals surface area contributed by atoms with Crippen LogP contribution in [0.4, 0.5) is 0 Å². The average Bonchev–Trinajstić information content (AvgIpc) is 3.31. The van der Waals surface area contributed by atoms with E-state index in [1.807, 2.05) is 36.5 Å². The van der Waals surface area contributed by atoms with E-state index in [2.05, 4.69) is 20.5 Å². The number of H-pyrrole nitrogens is 1. The molecule has 1 amide bonds.